The number of nitrogens with one attached hydrogen (secondary N) is 2. The molecule has 1 spiro atoms. The van der Waals surface area contributed by atoms with Crippen LogP contribution in [0.4, 0.5) is 10.5 Å². The number of amides is 4. The van der Waals surface area contributed by atoms with Crippen LogP contribution >= 0.6 is 0 Å². The van der Waals surface area contributed by atoms with Crippen LogP contribution in [0.15, 0.2) is 48.5 Å². The summed E-state index contributed by atoms with van der Waals surface area (Å²) in [6.07, 6.45) is 2.16. The summed E-state index contributed by atoms with van der Waals surface area (Å²) in [5.41, 5.74) is 1.74. The fourth-order valence-corrected chi connectivity index (χ4v) is 4.22. The van der Waals surface area contributed by atoms with Crippen LogP contribution in [0.5, 0.6) is 0 Å². The third-order valence-electron chi connectivity index (χ3n) is 5.95. The van der Waals surface area contributed by atoms with Crippen molar-refractivity contribution in [3.63, 3.8) is 0 Å². The molecule has 7 nitrogen and oxygen atoms in total. The number of carbonyl (C=O) groups is 4. The number of nitrogens with zero attached hydrogens (tertiary/aromatic N) is 1. The van der Waals surface area contributed by atoms with Gasteiger partial charge in [-0.2, -0.15) is 0 Å². The summed E-state index contributed by atoms with van der Waals surface area (Å²) < 4.78 is 0. The largest absolute Gasteiger partial charge is 0.326 e. The number of benzene rings is 2. The first kappa shape index (κ1) is 20.8. The van der Waals surface area contributed by atoms with Crippen molar-refractivity contribution < 1.29 is 19.2 Å². The van der Waals surface area contributed by atoms with Crippen molar-refractivity contribution in [2.45, 2.75) is 38.6 Å². The Morgan fingerprint density at radius 3 is 2.52 bits per heavy atom. The van der Waals surface area contributed by atoms with E-state index >= 15 is 0 Å². The molecule has 7 heteroatoms. The van der Waals surface area contributed by atoms with Gasteiger partial charge in [0.15, 0.2) is 5.78 Å². The van der Waals surface area contributed by atoms with Gasteiger partial charge in [0, 0.05) is 17.2 Å². The van der Waals surface area contributed by atoms with Crippen molar-refractivity contribution in [1.29, 1.82) is 0 Å². The molecule has 160 valence electrons. The van der Waals surface area contributed by atoms with E-state index in [-0.39, 0.29) is 30.1 Å². The zero-order valence-corrected chi connectivity index (χ0v) is 17.6. The predicted molar refractivity (Wildman–Crippen MR) is 116 cm³/mol. The van der Waals surface area contributed by atoms with Crippen LogP contribution in [0.25, 0.3) is 0 Å². The normalized spacial score (nSPS) is 20.0. The highest BCUT2D eigenvalue weighted by molar-refractivity contribution is 6.11. The third-order valence-corrected chi connectivity index (χ3v) is 5.95. The second-order valence-electron chi connectivity index (χ2n) is 8.38. The molecule has 1 aliphatic carbocycles. The van der Waals surface area contributed by atoms with Crippen LogP contribution in [0.1, 0.15) is 48.2 Å². The summed E-state index contributed by atoms with van der Waals surface area (Å²) in [6.45, 7) is 3.26. The van der Waals surface area contributed by atoms with Gasteiger partial charge in [-0.05, 0) is 54.7 Å². The SMILES string of the molecule is CC(C)C(=O)Nc1ccc(C(=O)CN2C(=O)NC3(CCCc4ccccc43)C2=O)cc1. The van der Waals surface area contributed by atoms with E-state index in [1.807, 2.05) is 24.3 Å². The highest BCUT2D eigenvalue weighted by Gasteiger charge is 2.54. The number of anilines is 1. The third kappa shape index (κ3) is 3.71. The molecule has 1 aliphatic heterocycles. The molecule has 0 bridgehead atoms. The molecule has 1 saturated heterocycles. The predicted octanol–water partition coefficient (Wildman–Crippen LogP) is 3.25. The zero-order valence-electron chi connectivity index (χ0n) is 17.6. The molecule has 4 rings (SSSR count). The molecule has 2 aromatic rings. The zero-order chi connectivity index (χ0) is 22.2. The summed E-state index contributed by atoms with van der Waals surface area (Å²) >= 11 is 0. The summed E-state index contributed by atoms with van der Waals surface area (Å²) in [5, 5.41) is 5.63. The minimum atomic E-state index is -1.09. The van der Waals surface area contributed by atoms with Gasteiger partial charge in [0.2, 0.25) is 5.91 Å². The topological polar surface area (TPSA) is 95.6 Å². The van der Waals surface area contributed by atoms with Crippen molar-refractivity contribution in [3.8, 4) is 0 Å². The molecule has 2 aliphatic rings. The summed E-state index contributed by atoms with van der Waals surface area (Å²) in [7, 11) is 0. The van der Waals surface area contributed by atoms with Crippen molar-refractivity contribution in [2.24, 2.45) is 5.92 Å². The maximum absolute atomic E-state index is 13.3. The Morgan fingerprint density at radius 1 is 1.10 bits per heavy atom. The number of hydrogen-bond donors (Lipinski definition) is 2. The number of hydrogen-bond acceptors (Lipinski definition) is 4. The number of imide groups is 1. The molecular weight excluding hydrogens is 394 g/mol. The molecule has 1 heterocycles. The average Bonchev–Trinajstić information content (AvgIpc) is 2.99. The molecule has 1 fully saturated rings. The molecule has 0 aromatic heterocycles. The van der Waals surface area contributed by atoms with E-state index in [0.717, 1.165) is 28.9 Å². The first-order chi connectivity index (χ1) is 14.8. The second kappa shape index (κ2) is 7.98. The first-order valence-corrected chi connectivity index (χ1v) is 10.5. The molecule has 0 radical (unpaired) electrons. The van der Waals surface area contributed by atoms with E-state index in [2.05, 4.69) is 10.6 Å². The number of fused-ring (bicyclic) bond motifs is 2. The lowest BCUT2D eigenvalue weighted by Gasteiger charge is -2.33. The van der Waals surface area contributed by atoms with Gasteiger partial charge in [-0.3, -0.25) is 19.3 Å². The van der Waals surface area contributed by atoms with Crippen molar-refractivity contribution in [1.82, 2.24) is 10.2 Å². The molecule has 2 aromatic carbocycles. The van der Waals surface area contributed by atoms with Crippen molar-refractivity contribution in [2.75, 3.05) is 11.9 Å². The average molecular weight is 419 g/mol. The fourth-order valence-electron chi connectivity index (χ4n) is 4.22. The van der Waals surface area contributed by atoms with Gasteiger partial charge in [-0.15, -0.1) is 0 Å². The molecule has 31 heavy (non-hydrogen) atoms. The molecule has 1 atom stereocenters. The van der Waals surface area contributed by atoms with Gasteiger partial charge in [-0.1, -0.05) is 38.1 Å². The fraction of sp³-hybridized carbons (Fsp3) is 0.333. The second-order valence-corrected chi connectivity index (χ2v) is 8.38. The van der Waals surface area contributed by atoms with Gasteiger partial charge >= 0.3 is 6.03 Å². The standard InChI is InChI=1S/C24H25N3O4/c1-15(2)21(29)25-18-11-9-17(10-12-18)20(28)14-27-22(30)24(26-23(27)31)13-5-7-16-6-3-4-8-19(16)24/h3-4,6,8-12,15H,5,7,13-14H2,1-2H3,(H,25,29)(H,26,31). The van der Waals surface area contributed by atoms with Crippen LogP contribution in [-0.2, 0) is 21.5 Å². The lowest BCUT2D eigenvalue weighted by molar-refractivity contribution is -0.131. The van der Waals surface area contributed by atoms with Crippen LogP contribution in [0.3, 0.4) is 0 Å². The van der Waals surface area contributed by atoms with Crippen LogP contribution < -0.4 is 10.6 Å². The van der Waals surface area contributed by atoms with Gasteiger partial charge < -0.3 is 10.6 Å². The first-order valence-electron chi connectivity index (χ1n) is 10.5. The minimum Gasteiger partial charge on any atom is -0.326 e. The van der Waals surface area contributed by atoms with Crippen molar-refractivity contribution >= 4 is 29.3 Å². The van der Waals surface area contributed by atoms with Crippen LogP contribution in [0.2, 0.25) is 0 Å². The quantitative estimate of drug-likeness (QED) is 0.574. The van der Waals surface area contributed by atoms with E-state index in [0.29, 0.717) is 17.7 Å². The molecule has 1 unspecified atom stereocenters. The highest BCUT2D eigenvalue weighted by atomic mass is 16.2. The van der Waals surface area contributed by atoms with E-state index in [1.165, 1.54) is 0 Å². The Bertz CT molecular complexity index is 1060. The Hall–Kier alpha value is -3.48. The lowest BCUT2D eigenvalue weighted by atomic mass is 9.76. The van der Waals surface area contributed by atoms with E-state index < -0.39 is 11.6 Å². The van der Waals surface area contributed by atoms with Crippen LogP contribution in [-0.4, -0.2) is 35.1 Å². The number of ketones is 1. The van der Waals surface area contributed by atoms with Gasteiger partial charge in [0.05, 0.1) is 6.54 Å². The number of aryl methyl sites for hydroxylation is 1. The van der Waals surface area contributed by atoms with Gasteiger partial charge in [0.1, 0.15) is 5.54 Å². The summed E-state index contributed by atoms with van der Waals surface area (Å²) in [6, 6.07) is 13.5. The van der Waals surface area contributed by atoms with E-state index in [1.54, 1.807) is 38.1 Å². The summed E-state index contributed by atoms with van der Waals surface area (Å²) in [4.78, 5) is 51.6. The number of urea groups is 1. The monoisotopic (exact) mass is 419 g/mol. The van der Waals surface area contributed by atoms with E-state index in [4.69, 9.17) is 0 Å². The number of Topliss-reactive ketones (excluding diaryl/α,β-unsaturated/α-hetero) is 1. The van der Waals surface area contributed by atoms with Crippen LogP contribution in [0, 0.1) is 5.92 Å². The molecule has 2 N–H and O–H groups in total. The van der Waals surface area contributed by atoms with Gasteiger partial charge in [-0.25, -0.2) is 4.79 Å². The Kier molecular flexibility index (Phi) is 5.35. The molecule has 4 amide bonds. The Labute approximate surface area is 180 Å². The van der Waals surface area contributed by atoms with Gasteiger partial charge in [0.25, 0.3) is 5.91 Å². The van der Waals surface area contributed by atoms with E-state index in [9.17, 15) is 19.2 Å². The molecule has 0 saturated carbocycles. The maximum atomic E-state index is 13.3. The number of carbonyl (C=O) groups excluding carboxylic acids is 4. The number of rotatable bonds is 5. The minimum absolute atomic E-state index is 0.114. The molecular formula is C24H25N3O4. The Morgan fingerprint density at radius 2 is 1.81 bits per heavy atom. The maximum Gasteiger partial charge on any atom is 0.325 e. The lowest BCUT2D eigenvalue weighted by Crippen LogP contribution is -2.46. The van der Waals surface area contributed by atoms with Crippen molar-refractivity contribution in [3.05, 3.63) is 65.2 Å². The highest BCUT2D eigenvalue weighted by Crippen LogP contribution is 2.39. The summed E-state index contributed by atoms with van der Waals surface area (Å²) in [5.74, 6) is -0.986. The Balaban J connectivity index is 1.50. The smallest absolute Gasteiger partial charge is 0.325 e.